The van der Waals surface area contributed by atoms with Crippen molar-refractivity contribution in [3.05, 3.63) is 0 Å². The molecule has 2 aliphatic heterocycles. The molecule has 2 heterocycles. The van der Waals surface area contributed by atoms with E-state index in [-0.39, 0.29) is 17.8 Å². The van der Waals surface area contributed by atoms with E-state index in [1.54, 1.807) is 4.90 Å². The Bertz CT molecular complexity index is 297. The Morgan fingerprint density at radius 3 is 2.75 bits per heavy atom. The van der Waals surface area contributed by atoms with Crippen LogP contribution in [0.15, 0.2) is 0 Å². The van der Waals surface area contributed by atoms with E-state index in [1.165, 1.54) is 0 Å². The maximum absolute atomic E-state index is 11.8. The van der Waals surface area contributed by atoms with E-state index in [0.717, 1.165) is 19.4 Å². The smallest absolute Gasteiger partial charge is 0.410 e. The van der Waals surface area contributed by atoms with Crippen molar-refractivity contribution in [3.63, 3.8) is 0 Å². The van der Waals surface area contributed by atoms with Gasteiger partial charge in [-0.1, -0.05) is 6.92 Å². The Morgan fingerprint density at radius 2 is 2.25 bits per heavy atom. The van der Waals surface area contributed by atoms with Crippen molar-refractivity contribution in [2.24, 2.45) is 0 Å². The van der Waals surface area contributed by atoms with Crippen LogP contribution in [0.25, 0.3) is 0 Å². The first-order chi connectivity index (χ1) is 7.36. The van der Waals surface area contributed by atoms with Crippen molar-refractivity contribution in [2.45, 2.75) is 57.8 Å². The summed E-state index contributed by atoms with van der Waals surface area (Å²) >= 11 is 0. The van der Waals surface area contributed by atoms with Gasteiger partial charge in [0, 0.05) is 6.54 Å². The van der Waals surface area contributed by atoms with Gasteiger partial charge >= 0.3 is 6.09 Å². The molecule has 0 unspecified atom stereocenters. The molecule has 2 rings (SSSR count). The van der Waals surface area contributed by atoms with Crippen molar-refractivity contribution < 1.29 is 14.3 Å². The minimum atomic E-state index is -0.416. The summed E-state index contributed by atoms with van der Waals surface area (Å²) in [5, 5.41) is 0. The van der Waals surface area contributed by atoms with Gasteiger partial charge in [-0.15, -0.1) is 0 Å². The second-order valence-corrected chi connectivity index (χ2v) is 5.70. The molecule has 4 heteroatoms. The summed E-state index contributed by atoms with van der Waals surface area (Å²) in [7, 11) is 0. The lowest BCUT2D eigenvalue weighted by Gasteiger charge is -2.30. The Morgan fingerprint density at radius 1 is 1.56 bits per heavy atom. The summed E-state index contributed by atoms with van der Waals surface area (Å²) in [6, 6.07) is 0. The Kier molecular flexibility index (Phi) is 2.65. The summed E-state index contributed by atoms with van der Waals surface area (Å²) in [6.45, 7) is 9.24. The number of likely N-dealkylation sites (tertiary alicyclic amines) is 1. The molecule has 2 atom stereocenters. The van der Waals surface area contributed by atoms with Crippen LogP contribution in [0.1, 0.15) is 40.5 Å². The first kappa shape index (κ1) is 11.7. The zero-order chi connectivity index (χ0) is 12.0. The molecular formula is C12H21NO3. The maximum Gasteiger partial charge on any atom is 0.410 e. The van der Waals surface area contributed by atoms with E-state index >= 15 is 0 Å². The van der Waals surface area contributed by atoms with Gasteiger partial charge in [-0.3, -0.25) is 0 Å². The molecule has 4 nitrogen and oxygen atoms in total. The van der Waals surface area contributed by atoms with Crippen molar-refractivity contribution in [2.75, 3.05) is 13.1 Å². The first-order valence-electron chi connectivity index (χ1n) is 6.02. The largest absolute Gasteiger partial charge is 0.444 e. The third-order valence-corrected chi connectivity index (χ3v) is 3.35. The SMILES string of the molecule is CC[C@@]12CCN(C(=O)OC(C)(C)C)C[C@@H]1O2. The van der Waals surface area contributed by atoms with Gasteiger partial charge in [-0.25, -0.2) is 4.79 Å². The van der Waals surface area contributed by atoms with Crippen LogP contribution in [0.2, 0.25) is 0 Å². The summed E-state index contributed by atoms with van der Waals surface area (Å²) in [6.07, 6.45) is 2.00. The van der Waals surface area contributed by atoms with E-state index in [9.17, 15) is 4.79 Å². The number of nitrogens with zero attached hydrogens (tertiary/aromatic N) is 1. The second-order valence-electron chi connectivity index (χ2n) is 5.70. The molecule has 0 radical (unpaired) electrons. The molecule has 2 aliphatic rings. The lowest BCUT2D eigenvalue weighted by molar-refractivity contribution is 0.0217. The second kappa shape index (κ2) is 3.62. The number of rotatable bonds is 1. The molecule has 0 spiro atoms. The predicted octanol–water partition coefficient (Wildman–Crippen LogP) is 2.17. The zero-order valence-corrected chi connectivity index (χ0v) is 10.6. The van der Waals surface area contributed by atoms with E-state index in [1.807, 2.05) is 20.8 Å². The van der Waals surface area contributed by atoms with E-state index < -0.39 is 5.60 Å². The molecule has 16 heavy (non-hydrogen) atoms. The standard InChI is InChI=1S/C12H21NO3/c1-5-12-6-7-13(8-9(12)15-12)10(14)16-11(2,3)4/h9H,5-8H2,1-4H3/t9-,12+/m0/s1. The average Bonchev–Trinajstić information content (AvgIpc) is 2.88. The molecule has 1 amide bonds. The van der Waals surface area contributed by atoms with Crippen molar-refractivity contribution in [1.29, 1.82) is 0 Å². The lowest BCUT2D eigenvalue weighted by atomic mass is 9.94. The molecule has 0 aromatic rings. The number of ether oxygens (including phenoxy) is 2. The number of fused-ring (bicyclic) bond motifs is 1. The minimum absolute atomic E-state index is 0.0819. The van der Waals surface area contributed by atoms with Crippen LogP contribution < -0.4 is 0 Å². The molecule has 2 saturated heterocycles. The molecule has 0 aromatic heterocycles. The fraction of sp³-hybridized carbons (Fsp3) is 0.917. The Balaban J connectivity index is 1.87. The average molecular weight is 227 g/mol. The molecule has 2 fully saturated rings. The van der Waals surface area contributed by atoms with E-state index in [2.05, 4.69) is 6.92 Å². The van der Waals surface area contributed by atoms with E-state index in [0.29, 0.717) is 6.54 Å². The van der Waals surface area contributed by atoms with Crippen molar-refractivity contribution in [3.8, 4) is 0 Å². The molecule has 92 valence electrons. The maximum atomic E-state index is 11.8. The third-order valence-electron chi connectivity index (χ3n) is 3.35. The highest BCUT2D eigenvalue weighted by Gasteiger charge is 2.58. The van der Waals surface area contributed by atoms with Crippen molar-refractivity contribution >= 4 is 6.09 Å². The number of amides is 1. The summed E-state index contributed by atoms with van der Waals surface area (Å²) in [5.41, 5.74) is -0.334. The van der Waals surface area contributed by atoms with Gasteiger partial charge in [0.05, 0.1) is 12.1 Å². The molecule has 0 bridgehead atoms. The molecule has 0 aliphatic carbocycles. The summed E-state index contributed by atoms with van der Waals surface area (Å²) in [4.78, 5) is 13.6. The van der Waals surface area contributed by atoms with Gasteiger partial charge in [-0.05, 0) is 33.6 Å². The van der Waals surface area contributed by atoms with Gasteiger partial charge in [0.2, 0.25) is 0 Å². The number of epoxide rings is 1. The molecule has 0 aromatic carbocycles. The third kappa shape index (κ3) is 2.17. The molecule has 0 N–H and O–H groups in total. The van der Waals surface area contributed by atoms with Gasteiger partial charge in [0.25, 0.3) is 0 Å². The normalized spacial score (nSPS) is 33.2. The Hall–Kier alpha value is -0.770. The van der Waals surface area contributed by atoms with Crippen LogP contribution in [0.5, 0.6) is 0 Å². The fourth-order valence-electron chi connectivity index (χ4n) is 2.27. The molecule has 0 saturated carbocycles. The summed E-state index contributed by atoms with van der Waals surface area (Å²) < 4.78 is 11.0. The van der Waals surface area contributed by atoms with Gasteiger partial charge in [-0.2, -0.15) is 0 Å². The highest BCUT2D eigenvalue weighted by atomic mass is 16.6. The lowest BCUT2D eigenvalue weighted by Crippen LogP contribution is -2.45. The topological polar surface area (TPSA) is 42.1 Å². The predicted molar refractivity (Wildman–Crippen MR) is 60.3 cm³/mol. The molecular weight excluding hydrogens is 206 g/mol. The number of carbonyl (C=O) groups excluding carboxylic acids is 1. The van der Waals surface area contributed by atoms with Gasteiger partial charge in [0.1, 0.15) is 11.7 Å². The fourth-order valence-corrected chi connectivity index (χ4v) is 2.27. The number of carbonyl (C=O) groups is 1. The number of hydrogen-bond acceptors (Lipinski definition) is 3. The minimum Gasteiger partial charge on any atom is -0.444 e. The van der Waals surface area contributed by atoms with Gasteiger partial charge < -0.3 is 14.4 Å². The van der Waals surface area contributed by atoms with Crippen molar-refractivity contribution in [1.82, 2.24) is 4.90 Å². The van der Waals surface area contributed by atoms with Gasteiger partial charge in [0.15, 0.2) is 0 Å². The Labute approximate surface area is 96.9 Å². The number of piperidine rings is 1. The van der Waals surface area contributed by atoms with Crippen LogP contribution in [0.4, 0.5) is 4.79 Å². The monoisotopic (exact) mass is 227 g/mol. The van der Waals surface area contributed by atoms with Crippen LogP contribution >= 0.6 is 0 Å². The van der Waals surface area contributed by atoms with Crippen LogP contribution in [0.3, 0.4) is 0 Å². The number of hydrogen-bond donors (Lipinski definition) is 0. The van der Waals surface area contributed by atoms with Crippen LogP contribution in [0, 0.1) is 0 Å². The summed E-state index contributed by atoms with van der Waals surface area (Å²) in [5.74, 6) is 0. The highest BCUT2D eigenvalue weighted by molar-refractivity contribution is 5.68. The highest BCUT2D eigenvalue weighted by Crippen LogP contribution is 2.46. The quantitative estimate of drug-likeness (QED) is 0.645. The zero-order valence-electron chi connectivity index (χ0n) is 10.6. The first-order valence-corrected chi connectivity index (χ1v) is 6.02. The van der Waals surface area contributed by atoms with Crippen LogP contribution in [-0.2, 0) is 9.47 Å². The van der Waals surface area contributed by atoms with Crippen LogP contribution in [-0.4, -0.2) is 41.4 Å². The van der Waals surface area contributed by atoms with E-state index in [4.69, 9.17) is 9.47 Å².